The fraction of sp³-hybridized carbons (Fsp3) is 0.588. The van der Waals surface area contributed by atoms with Crippen molar-refractivity contribution < 1.29 is 9.53 Å². The number of nitrogens with one attached hydrogen (secondary N) is 2. The maximum absolute atomic E-state index is 11.9. The summed E-state index contributed by atoms with van der Waals surface area (Å²) in [6.07, 6.45) is 1.94. The van der Waals surface area contributed by atoms with Gasteiger partial charge in [-0.2, -0.15) is 0 Å². The number of carbonyl (C=O) groups is 1. The third-order valence-electron chi connectivity index (χ3n) is 4.04. The normalized spacial score (nSPS) is 17.7. The quantitative estimate of drug-likeness (QED) is 0.837. The number of halogens is 1. The van der Waals surface area contributed by atoms with Crippen LogP contribution in [0.5, 0.6) is 0 Å². The molecule has 0 radical (unpaired) electrons. The summed E-state index contributed by atoms with van der Waals surface area (Å²) in [6, 6.07) is 8.14. The summed E-state index contributed by atoms with van der Waals surface area (Å²) in [7, 11) is 1.63. The minimum Gasteiger partial charge on any atom is -0.383 e. The molecule has 0 aromatic heterocycles. The zero-order valence-corrected chi connectivity index (χ0v) is 14.6. The third kappa shape index (κ3) is 6.37. The summed E-state index contributed by atoms with van der Waals surface area (Å²) in [5.41, 5.74) is 1.27. The van der Waals surface area contributed by atoms with E-state index in [1.54, 1.807) is 7.11 Å². The fourth-order valence-electron chi connectivity index (χ4n) is 2.83. The maximum atomic E-state index is 11.9. The predicted molar refractivity (Wildman–Crippen MR) is 92.8 cm³/mol. The topological polar surface area (TPSA) is 53.6 Å². The number of urea groups is 1. The van der Waals surface area contributed by atoms with Crippen molar-refractivity contribution in [2.75, 3.05) is 26.8 Å². The largest absolute Gasteiger partial charge is 0.383 e. The minimum atomic E-state index is -0.106. The van der Waals surface area contributed by atoms with Gasteiger partial charge in [0.25, 0.3) is 0 Å². The number of likely N-dealkylation sites (tertiary alicyclic amines) is 1. The van der Waals surface area contributed by atoms with Gasteiger partial charge in [-0.15, -0.1) is 0 Å². The molecule has 0 saturated carbocycles. The van der Waals surface area contributed by atoms with Gasteiger partial charge in [0.1, 0.15) is 0 Å². The molecule has 1 aromatic carbocycles. The second-order valence-corrected chi connectivity index (χ2v) is 6.59. The molecule has 6 heteroatoms. The van der Waals surface area contributed by atoms with Crippen LogP contribution in [-0.4, -0.2) is 49.8 Å². The van der Waals surface area contributed by atoms with Gasteiger partial charge in [-0.25, -0.2) is 4.79 Å². The molecule has 0 spiro atoms. The van der Waals surface area contributed by atoms with Gasteiger partial charge in [0.2, 0.25) is 0 Å². The van der Waals surface area contributed by atoms with Gasteiger partial charge in [-0.05, 0) is 37.5 Å². The molecule has 1 saturated heterocycles. The Hall–Kier alpha value is -1.30. The van der Waals surface area contributed by atoms with Crippen LogP contribution in [0.25, 0.3) is 0 Å². The molecule has 2 amide bonds. The monoisotopic (exact) mass is 339 g/mol. The first-order chi connectivity index (χ1) is 11.1. The first kappa shape index (κ1) is 18.0. The van der Waals surface area contributed by atoms with Crippen molar-refractivity contribution in [2.45, 2.75) is 38.4 Å². The van der Waals surface area contributed by atoms with Gasteiger partial charge in [0.05, 0.1) is 12.6 Å². The molecule has 128 valence electrons. The molecule has 23 heavy (non-hydrogen) atoms. The summed E-state index contributed by atoms with van der Waals surface area (Å²) in [6.45, 7) is 5.36. The number of rotatable bonds is 6. The smallest absolute Gasteiger partial charge is 0.315 e. The van der Waals surface area contributed by atoms with E-state index in [2.05, 4.69) is 27.7 Å². The number of amides is 2. The van der Waals surface area contributed by atoms with Crippen LogP contribution in [0, 0.1) is 0 Å². The Balaban J connectivity index is 1.69. The molecular weight excluding hydrogens is 314 g/mol. The molecule has 2 N–H and O–H groups in total. The van der Waals surface area contributed by atoms with Gasteiger partial charge >= 0.3 is 6.03 Å². The van der Waals surface area contributed by atoms with Gasteiger partial charge in [-0.1, -0.05) is 23.7 Å². The van der Waals surface area contributed by atoms with Crippen LogP contribution in [0.3, 0.4) is 0 Å². The molecule has 0 bridgehead atoms. The van der Waals surface area contributed by atoms with Crippen LogP contribution >= 0.6 is 11.6 Å². The highest BCUT2D eigenvalue weighted by Gasteiger charge is 2.21. The number of benzene rings is 1. The lowest BCUT2D eigenvalue weighted by molar-refractivity contribution is 0.165. The summed E-state index contributed by atoms with van der Waals surface area (Å²) >= 11 is 5.91. The van der Waals surface area contributed by atoms with Crippen LogP contribution in [0.4, 0.5) is 4.79 Å². The predicted octanol–water partition coefficient (Wildman–Crippen LogP) is 2.64. The van der Waals surface area contributed by atoms with E-state index >= 15 is 0 Å². The Morgan fingerprint density at radius 2 is 2.00 bits per heavy atom. The second kappa shape index (κ2) is 9.11. The SMILES string of the molecule is COCC(C)NC(=O)NC1CCN(Cc2ccc(Cl)cc2)CC1. The minimum absolute atomic E-state index is 0.0185. The fourth-order valence-corrected chi connectivity index (χ4v) is 2.95. The number of nitrogens with zero attached hydrogens (tertiary/aromatic N) is 1. The standard InChI is InChI=1S/C17H26ClN3O2/c1-13(12-23-2)19-17(22)20-16-7-9-21(10-8-16)11-14-3-5-15(18)6-4-14/h3-6,13,16H,7-12H2,1-2H3,(H2,19,20,22). The Morgan fingerprint density at radius 1 is 1.35 bits per heavy atom. The number of ether oxygens (including phenoxy) is 1. The van der Waals surface area contributed by atoms with Crippen LogP contribution in [-0.2, 0) is 11.3 Å². The number of piperidine rings is 1. The average molecular weight is 340 g/mol. The van der Waals surface area contributed by atoms with Crippen molar-refractivity contribution in [2.24, 2.45) is 0 Å². The Kier molecular flexibility index (Phi) is 7.15. The third-order valence-corrected chi connectivity index (χ3v) is 4.29. The molecule has 2 rings (SSSR count). The van der Waals surface area contributed by atoms with Crippen LogP contribution in [0.15, 0.2) is 24.3 Å². The lowest BCUT2D eigenvalue weighted by atomic mass is 10.0. The molecule has 1 aliphatic heterocycles. The summed E-state index contributed by atoms with van der Waals surface area (Å²) in [5.74, 6) is 0. The number of hydrogen-bond donors (Lipinski definition) is 2. The van der Waals surface area contributed by atoms with Crippen molar-refractivity contribution >= 4 is 17.6 Å². The first-order valence-electron chi connectivity index (χ1n) is 8.09. The van der Waals surface area contributed by atoms with E-state index in [9.17, 15) is 4.79 Å². The molecule has 1 unspecified atom stereocenters. The highest BCUT2D eigenvalue weighted by molar-refractivity contribution is 6.30. The Morgan fingerprint density at radius 3 is 2.61 bits per heavy atom. The van der Waals surface area contributed by atoms with Crippen LogP contribution in [0.2, 0.25) is 5.02 Å². The molecule has 0 aliphatic carbocycles. The van der Waals surface area contributed by atoms with E-state index in [0.29, 0.717) is 6.61 Å². The molecule has 5 nitrogen and oxygen atoms in total. The Labute approximate surface area is 143 Å². The highest BCUT2D eigenvalue weighted by atomic mass is 35.5. The number of hydrogen-bond acceptors (Lipinski definition) is 3. The van der Waals surface area contributed by atoms with Gasteiger partial charge < -0.3 is 15.4 Å². The Bertz CT molecular complexity index is 487. The highest BCUT2D eigenvalue weighted by Crippen LogP contribution is 2.15. The zero-order valence-electron chi connectivity index (χ0n) is 13.8. The van der Waals surface area contributed by atoms with E-state index in [0.717, 1.165) is 37.5 Å². The summed E-state index contributed by atoms with van der Waals surface area (Å²) in [4.78, 5) is 14.3. The lowest BCUT2D eigenvalue weighted by Gasteiger charge is -2.32. The molecule has 1 fully saturated rings. The van der Waals surface area contributed by atoms with Crippen LogP contribution in [0.1, 0.15) is 25.3 Å². The average Bonchev–Trinajstić information content (AvgIpc) is 2.51. The summed E-state index contributed by atoms with van der Waals surface area (Å²) in [5, 5.41) is 6.70. The molecule has 1 aromatic rings. The van der Waals surface area contributed by atoms with Crippen molar-refractivity contribution in [3.63, 3.8) is 0 Å². The zero-order chi connectivity index (χ0) is 16.7. The molecule has 1 atom stereocenters. The lowest BCUT2D eigenvalue weighted by Crippen LogP contribution is -2.50. The maximum Gasteiger partial charge on any atom is 0.315 e. The van der Waals surface area contributed by atoms with E-state index in [1.807, 2.05) is 19.1 Å². The van der Waals surface area contributed by atoms with Gasteiger partial charge in [0, 0.05) is 37.8 Å². The first-order valence-corrected chi connectivity index (χ1v) is 8.47. The van der Waals surface area contributed by atoms with E-state index in [-0.39, 0.29) is 18.1 Å². The van der Waals surface area contributed by atoms with E-state index in [4.69, 9.17) is 16.3 Å². The van der Waals surface area contributed by atoms with E-state index < -0.39 is 0 Å². The van der Waals surface area contributed by atoms with Crippen LogP contribution < -0.4 is 10.6 Å². The van der Waals surface area contributed by atoms with Crippen molar-refractivity contribution in [1.82, 2.24) is 15.5 Å². The molecular formula is C17H26ClN3O2. The van der Waals surface area contributed by atoms with Gasteiger partial charge in [-0.3, -0.25) is 4.90 Å². The number of carbonyl (C=O) groups excluding carboxylic acids is 1. The van der Waals surface area contributed by atoms with Gasteiger partial charge in [0.15, 0.2) is 0 Å². The molecule has 1 aliphatic rings. The van der Waals surface area contributed by atoms with Crippen molar-refractivity contribution in [3.8, 4) is 0 Å². The summed E-state index contributed by atoms with van der Waals surface area (Å²) < 4.78 is 5.02. The van der Waals surface area contributed by atoms with Crippen molar-refractivity contribution in [3.05, 3.63) is 34.9 Å². The van der Waals surface area contributed by atoms with Crippen molar-refractivity contribution in [1.29, 1.82) is 0 Å². The second-order valence-electron chi connectivity index (χ2n) is 6.15. The number of methoxy groups -OCH3 is 1. The van der Waals surface area contributed by atoms with E-state index in [1.165, 1.54) is 5.56 Å². The molecule has 1 heterocycles.